The van der Waals surface area contributed by atoms with Crippen molar-refractivity contribution in [3.8, 4) is 11.5 Å². The molecule has 0 aliphatic carbocycles. The van der Waals surface area contributed by atoms with Crippen LogP contribution in [0.2, 0.25) is 0 Å². The van der Waals surface area contributed by atoms with Gasteiger partial charge in [-0.1, -0.05) is 41.5 Å². The molecule has 2 aromatic carbocycles. The molecule has 3 aromatic rings. The van der Waals surface area contributed by atoms with Crippen molar-refractivity contribution in [2.75, 3.05) is 19.0 Å². The second-order valence-corrected chi connectivity index (χ2v) is 5.55. The van der Waals surface area contributed by atoms with Crippen LogP contribution >= 0.6 is 0 Å². The second kappa shape index (κ2) is 8.14. The van der Waals surface area contributed by atoms with Gasteiger partial charge in [0.15, 0.2) is 11.5 Å². The van der Waals surface area contributed by atoms with E-state index in [0.717, 1.165) is 17.7 Å². The Morgan fingerprint density at radius 1 is 1.04 bits per heavy atom. The summed E-state index contributed by atoms with van der Waals surface area (Å²) in [7, 11) is 3.43. The van der Waals surface area contributed by atoms with Crippen molar-refractivity contribution in [2.24, 2.45) is 7.05 Å². The highest BCUT2D eigenvalue weighted by molar-refractivity contribution is 5.43. The lowest BCUT2D eigenvalue weighted by Gasteiger charge is -2.12. The van der Waals surface area contributed by atoms with Crippen LogP contribution in [0.4, 0.5) is 5.95 Å². The zero-order valence-corrected chi connectivity index (χ0v) is 14.3. The second-order valence-electron chi connectivity index (χ2n) is 5.55. The van der Waals surface area contributed by atoms with Gasteiger partial charge in [0, 0.05) is 20.0 Å². The third kappa shape index (κ3) is 4.47. The van der Waals surface area contributed by atoms with E-state index in [1.807, 2.05) is 36.4 Å². The minimum Gasteiger partial charge on any atom is -0.493 e. The van der Waals surface area contributed by atoms with E-state index in [1.165, 1.54) is 5.56 Å². The third-order valence-electron chi connectivity index (χ3n) is 3.79. The SMILES string of the molecule is COc1cc(CNc2nnnn2C)ccc1OCCc1ccccc1. The molecule has 1 aromatic heterocycles. The van der Waals surface area contributed by atoms with E-state index in [9.17, 15) is 0 Å². The largest absolute Gasteiger partial charge is 0.493 e. The third-order valence-corrected chi connectivity index (χ3v) is 3.79. The summed E-state index contributed by atoms with van der Waals surface area (Å²) in [4.78, 5) is 0. The van der Waals surface area contributed by atoms with Gasteiger partial charge in [0.05, 0.1) is 13.7 Å². The molecule has 3 rings (SSSR count). The first kappa shape index (κ1) is 16.8. The maximum atomic E-state index is 5.87. The van der Waals surface area contributed by atoms with Crippen LogP contribution in [0.3, 0.4) is 0 Å². The molecular formula is C18H21N5O2. The normalized spacial score (nSPS) is 10.5. The van der Waals surface area contributed by atoms with Crippen LogP contribution < -0.4 is 14.8 Å². The van der Waals surface area contributed by atoms with Crippen molar-refractivity contribution in [2.45, 2.75) is 13.0 Å². The lowest BCUT2D eigenvalue weighted by atomic mass is 10.1. The molecule has 0 radical (unpaired) electrons. The fraction of sp³-hybridized carbons (Fsp3) is 0.278. The van der Waals surface area contributed by atoms with Gasteiger partial charge in [0.2, 0.25) is 5.95 Å². The number of nitrogens with one attached hydrogen (secondary N) is 1. The lowest BCUT2D eigenvalue weighted by molar-refractivity contribution is 0.297. The summed E-state index contributed by atoms with van der Waals surface area (Å²) < 4.78 is 12.9. The van der Waals surface area contributed by atoms with Gasteiger partial charge in [-0.15, -0.1) is 0 Å². The molecule has 7 nitrogen and oxygen atoms in total. The Balaban J connectivity index is 1.58. The number of hydrogen-bond acceptors (Lipinski definition) is 6. The summed E-state index contributed by atoms with van der Waals surface area (Å²) in [6, 6.07) is 16.1. The average molecular weight is 339 g/mol. The fourth-order valence-corrected chi connectivity index (χ4v) is 2.43. The molecule has 7 heteroatoms. The summed E-state index contributed by atoms with van der Waals surface area (Å²) in [5.74, 6) is 2.06. The van der Waals surface area contributed by atoms with E-state index in [2.05, 4.69) is 33.0 Å². The number of aromatic nitrogens is 4. The molecule has 0 bridgehead atoms. The van der Waals surface area contributed by atoms with Gasteiger partial charge in [-0.25, -0.2) is 4.68 Å². The fourth-order valence-electron chi connectivity index (χ4n) is 2.43. The number of hydrogen-bond donors (Lipinski definition) is 1. The number of aryl methyl sites for hydroxylation is 1. The Bertz CT molecular complexity index is 804. The molecule has 0 aliphatic heterocycles. The number of methoxy groups -OCH3 is 1. The van der Waals surface area contributed by atoms with E-state index in [-0.39, 0.29) is 0 Å². The molecule has 1 N–H and O–H groups in total. The minimum absolute atomic E-state index is 0.592. The molecule has 0 aliphatic rings. The smallest absolute Gasteiger partial charge is 0.242 e. The van der Waals surface area contributed by atoms with E-state index in [1.54, 1.807) is 18.8 Å². The predicted octanol–water partition coefficient (Wildman–Crippen LogP) is 2.45. The lowest BCUT2D eigenvalue weighted by Crippen LogP contribution is -2.06. The number of rotatable bonds is 8. The van der Waals surface area contributed by atoms with Gasteiger partial charge < -0.3 is 14.8 Å². The van der Waals surface area contributed by atoms with Crippen molar-refractivity contribution >= 4 is 5.95 Å². The molecule has 130 valence electrons. The molecule has 0 atom stereocenters. The zero-order chi connectivity index (χ0) is 17.5. The molecule has 0 spiro atoms. The highest BCUT2D eigenvalue weighted by Gasteiger charge is 2.07. The van der Waals surface area contributed by atoms with Crippen LogP contribution in [0.25, 0.3) is 0 Å². The van der Waals surface area contributed by atoms with Crippen molar-refractivity contribution in [3.05, 3.63) is 59.7 Å². The van der Waals surface area contributed by atoms with Crippen molar-refractivity contribution in [1.82, 2.24) is 20.2 Å². The van der Waals surface area contributed by atoms with Crippen LogP contribution in [-0.2, 0) is 20.0 Å². The Morgan fingerprint density at radius 3 is 2.60 bits per heavy atom. The Kier molecular flexibility index (Phi) is 5.46. The van der Waals surface area contributed by atoms with Crippen LogP contribution in [-0.4, -0.2) is 33.9 Å². The van der Waals surface area contributed by atoms with Gasteiger partial charge in [-0.2, -0.15) is 0 Å². The highest BCUT2D eigenvalue weighted by Crippen LogP contribution is 2.28. The maximum absolute atomic E-state index is 5.87. The molecule has 0 amide bonds. The minimum atomic E-state index is 0.592. The van der Waals surface area contributed by atoms with Gasteiger partial charge in [0.1, 0.15) is 0 Å². The highest BCUT2D eigenvalue weighted by atomic mass is 16.5. The zero-order valence-electron chi connectivity index (χ0n) is 14.3. The predicted molar refractivity (Wildman–Crippen MR) is 94.8 cm³/mol. The number of anilines is 1. The topological polar surface area (TPSA) is 74.1 Å². The molecule has 0 fully saturated rings. The van der Waals surface area contributed by atoms with E-state index in [0.29, 0.717) is 24.8 Å². The van der Waals surface area contributed by atoms with Crippen LogP contribution in [0, 0.1) is 0 Å². The average Bonchev–Trinajstić information content (AvgIpc) is 3.06. The van der Waals surface area contributed by atoms with Gasteiger partial charge in [0.25, 0.3) is 0 Å². The summed E-state index contributed by atoms with van der Waals surface area (Å²) in [6.07, 6.45) is 0.854. The van der Waals surface area contributed by atoms with E-state index < -0.39 is 0 Å². The monoisotopic (exact) mass is 339 g/mol. The molecule has 0 saturated carbocycles. The number of tetrazole rings is 1. The first-order valence-corrected chi connectivity index (χ1v) is 8.06. The summed E-state index contributed by atoms with van der Waals surface area (Å²) in [5.41, 5.74) is 2.30. The molecule has 25 heavy (non-hydrogen) atoms. The van der Waals surface area contributed by atoms with Crippen LogP contribution in [0.15, 0.2) is 48.5 Å². The quantitative estimate of drug-likeness (QED) is 0.679. The van der Waals surface area contributed by atoms with Gasteiger partial charge in [-0.3, -0.25) is 0 Å². The first-order valence-electron chi connectivity index (χ1n) is 8.06. The maximum Gasteiger partial charge on any atom is 0.242 e. The molecular weight excluding hydrogens is 318 g/mol. The van der Waals surface area contributed by atoms with Crippen LogP contribution in [0.5, 0.6) is 11.5 Å². The number of nitrogens with zero attached hydrogens (tertiary/aromatic N) is 4. The van der Waals surface area contributed by atoms with Crippen molar-refractivity contribution in [3.63, 3.8) is 0 Å². The Hall–Kier alpha value is -3.09. The molecule has 0 unspecified atom stereocenters. The molecule has 0 saturated heterocycles. The van der Waals surface area contributed by atoms with E-state index in [4.69, 9.17) is 9.47 Å². The standard InChI is InChI=1S/C18H21N5O2/c1-23-18(20-21-22-23)19-13-15-8-9-16(17(12-15)24-2)25-11-10-14-6-4-3-5-7-14/h3-9,12H,10-11,13H2,1-2H3,(H,19,20,22). The van der Waals surface area contributed by atoms with Gasteiger partial charge in [-0.05, 0) is 33.7 Å². The number of benzene rings is 2. The first-order chi connectivity index (χ1) is 12.3. The van der Waals surface area contributed by atoms with Crippen LogP contribution in [0.1, 0.15) is 11.1 Å². The van der Waals surface area contributed by atoms with Crippen molar-refractivity contribution in [1.29, 1.82) is 0 Å². The Labute approximate surface area is 146 Å². The van der Waals surface area contributed by atoms with Gasteiger partial charge >= 0.3 is 0 Å². The summed E-state index contributed by atoms with van der Waals surface area (Å²) in [5, 5.41) is 14.5. The summed E-state index contributed by atoms with van der Waals surface area (Å²) in [6.45, 7) is 1.19. The summed E-state index contributed by atoms with van der Waals surface area (Å²) >= 11 is 0. The van der Waals surface area contributed by atoms with Crippen molar-refractivity contribution < 1.29 is 9.47 Å². The number of ether oxygens (including phenoxy) is 2. The molecule has 1 heterocycles. The van der Waals surface area contributed by atoms with E-state index >= 15 is 0 Å². The Morgan fingerprint density at radius 2 is 1.88 bits per heavy atom.